The molecule has 3 fully saturated rings. The number of carbonyl (C=O) groups is 2. The quantitative estimate of drug-likeness (QED) is 0.733. The van der Waals surface area contributed by atoms with E-state index in [0.717, 1.165) is 45.5 Å². The Balaban J connectivity index is 1.50. The van der Waals surface area contributed by atoms with Crippen LogP contribution in [0.15, 0.2) is 0 Å². The van der Waals surface area contributed by atoms with E-state index in [1.165, 1.54) is 17.7 Å². The Morgan fingerprint density at radius 3 is 2.62 bits per heavy atom. The summed E-state index contributed by atoms with van der Waals surface area (Å²) in [6.07, 6.45) is 6.11. The zero-order valence-corrected chi connectivity index (χ0v) is 16.2. The molecule has 1 atom stereocenters. The van der Waals surface area contributed by atoms with Crippen LogP contribution < -0.4 is 0 Å². The summed E-state index contributed by atoms with van der Waals surface area (Å²) >= 11 is 0. The van der Waals surface area contributed by atoms with Gasteiger partial charge in [-0.05, 0) is 32.1 Å². The minimum atomic E-state index is -0.350. The Hall–Kier alpha value is -1.18. The van der Waals surface area contributed by atoms with E-state index in [9.17, 15) is 9.59 Å². The van der Waals surface area contributed by atoms with E-state index in [0.29, 0.717) is 25.7 Å². The molecule has 1 unspecified atom stereocenters. The first-order chi connectivity index (χ1) is 12.5. The lowest BCUT2D eigenvalue weighted by atomic mass is 9.87. The minimum absolute atomic E-state index is 0.0433. The molecule has 0 radical (unpaired) electrons. The third-order valence-corrected chi connectivity index (χ3v) is 5.92. The van der Waals surface area contributed by atoms with Crippen molar-refractivity contribution in [2.75, 3.05) is 60.0 Å². The first kappa shape index (κ1) is 19.6. The van der Waals surface area contributed by atoms with Gasteiger partial charge in [0.15, 0.2) is 0 Å². The van der Waals surface area contributed by atoms with Gasteiger partial charge in [-0.15, -0.1) is 0 Å². The van der Waals surface area contributed by atoms with Crippen molar-refractivity contribution in [2.24, 2.45) is 0 Å². The Morgan fingerprint density at radius 2 is 1.96 bits per heavy atom. The second-order valence-electron chi connectivity index (χ2n) is 8.10. The predicted molar refractivity (Wildman–Crippen MR) is 97.8 cm³/mol. The lowest BCUT2D eigenvalue weighted by Gasteiger charge is -2.41. The average molecular weight is 367 g/mol. The van der Waals surface area contributed by atoms with Gasteiger partial charge in [-0.3, -0.25) is 9.59 Å². The number of amides is 2. The Labute approximate surface area is 156 Å². The fraction of sp³-hybridized carbons (Fsp3) is 0.895. The van der Waals surface area contributed by atoms with Crippen molar-refractivity contribution in [1.29, 1.82) is 0 Å². The van der Waals surface area contributed by atoms with Crippen LogP contribution in [-0.2, 0) is 19.1 Å². The third kappa shape index (κ3) is 4.96. The van der Waals surface area contributed by atoms with Gasteiger partial charge in [0.25, 0.3) is 0 Å². The summed E-state index contributed by atoms with van der Waals surface area (Å²) in [4.78, 5) is 30.3. The van der Waals surface area contributed by atoms with Crippen LogP contribution in [0.5, 0.6) is 0 Å². The molecule has 26 heavy (non-hydrogen) atoms. The number of hydrogen-bond donors (Lipinski definition) is 0. The molecule has 3 aliphatic heterocycles. The lowest BCUT2D eigenvalue weighted by molar-refractivity contribution is -0.141. The average Bonchev–Trinajstić information content (AvgIpc) is 2.77. The summed E-state index contributed by atoms with van der Waals surface area (Å²) in [5, 5.41) is 0. The normalized spacial score (nSPS) is 27.4. The Kier molecular flexibility index (Phi) is 6.53. The van der Waals surface area contributed by atoms with Crippen molar-refractivity contribution in [1.82, 2.24) is 14.7 Å². The highest BCUT2D eigenvalue weighted by molar-refractivity contribution is 5.85. The van der Waals surface area contributed by atoms with Gasteiger partial charge in [0, 0.05) is 46.9 Å². The molecule has 7 heteroatoms. The van der Waals surface area contributed by atoms with Crippen LogP contribution in [0.3, 0.4) is 0 Å². The van der Waals surface area contributed by atoms with E-state index in [2.05, 4.69) is 4.90 Å². The zero-order chi connectivity index (χ0) is 18.6. The molecular weight excluding hydrogens is 334 g/mol. The van der Waals surface area contributed by atoms with Crippen molar-refractivity contribution >= 4 is 11.8 Å². The summed E-state index contributed by atoms with van der Waals surface area (Å²) in [7, 11) is 3.43. The van der Waals surface area contributed by atoms with Crippen LogP contribution in [-0.4, -0.2) is 98.3 Å². The summed E-state index contributed by atoms with van der Waals surface area (Å²) in [6.45, 7) is 4.94. The van der Waals surface area contributed by atoms with Crippen LogP contribution in [0.25, 0.3) is 0 Å². The second kappa shape index (κ2) is 8.67. The van der Waals surface area contributed by atoms with Crippen LogP contribution in [0.1, 0.15) is 38.5 Å². The monoisotopic (exact) mass is 367 g/mol. The van der Waals surface area contributed by atoms with E-state index in [1.807, 2.05) is 0 Å². The molecule has 0 aromatic heterocycles. The molecule has 0 aromatic rings. The van der Waals surface area contributed by atoms with Gasteiger partial charge < -0.3 is 24.2 Å². The fourth-order valence-electron chi connectivity index (χ4n) is 4.11. The maximum atomic E-state index is 12.7. The summed E-state index contributed by atoms with van der Waals surface area (Å²) in [5.41, 5.74) is -0.350. The van der Waals surface area contributed by atoms with Crippen molar-refractivity contribution < 1.29 is 19.1 Å². The number of hydrogen-bond acceptors (Lipinski definition) is 5. The number of carbonyl (C=O) groups excluding carboxylic acids is 2. The van der Waals surface area contributed by atoms with Gasteiger partial charge >= 0.3 is 0 Å². The molecule has 148 valence electrons. The first-order valence-corrected chi connectivity index (χ1v) is 9.93. The molecule has 0 saturated carbocycles. The van der Waals surface area contributed by atoms with E-state index < -0.39 is 0 Å². The molecule has 3 saturated heterocycles. The third-order valence-electron chi connectivity index (χ3n) is 5.92. The number of piperidine rings is 1. The summed E-state index contributed by atoms with van der Waals surface area (Å²) < 4.78 is 12.0. The Morgan fingerprint density at radius 1 is 1.19 bits per heavy atom. The summed E-state index contributed by atoms with van der Waals surface area (Å²) in [5.74, 6) is -0.00151. The summed E-state index contributed by atoms with van der Waals surface area (Å²) in [6, 6.07) is 0. The molecule has 3 rings (SSSR count). The van der Waals surface area contributed by atoms with Crippen LogP contribution in [0.2, 0.25) is 0 Å². The van der Waals surface area contributed by atoms with Gasteiger partial charge in [0.2, 0.25) is 11.8 Å². The number of ether oxygens (including phenoxy) is 2. The topological polar surface area (TPSA) is 62.3 Å². The highest BCUT2D eigenvalue weighted by Crippen LogP contribution is 2.32. The van der Waals surface area contributed by atoms with Crippen LogP contribution >= 0.6 is 0 Å². The van der Waals surface area contributed by atoms with Gasteiger partial charge in [0.05, 0.1) is 31.3 Å². The fourth-order valence-corrected chi connectivity index (χ4v) is 4.11. The van der Waals surface area contributed by atoms with Gasteiger partial charge in [-0.2, -0.15) is 0 Å². The van der Waals surface area contributed by atoms with Crippen molar-refractivity contribution in [2.45, 2.75) is 50.2 Å². The second-order valence-corrected chi connectivity index (χ2v) is 8.10. The maximum Gasteiger partial charge on any atom is 0.241 e. The van der Waals surface area contributed by atoms with E-state index in [-0.39, 0.29) is 24.0 Å². The molecule has 0 bridgehead atoms. The number of likely N-dealkylation sites (N-methyl/N-ethyl adjacent to an activating group) is 1. The number of likely N-dealkylation sites (tertiary alicyclic amines) is 1. The molecule has 1 spiro atoms. The molecule has 3 heterocycles. The SMILES string of the molecule is CN(C)C(=O)CN1CCOC2(CCN(CC3CCCCO3)CC2)CC1=O. The first-order valence-electron chi connectivity index (χ1n) is 9.93. The highest BCUT2D eigenvalue weighted by Gasteiger charge is 2.41. The zero-order valence-electron chi connectivity index (χ0n) is 16.2. The molecule has 0 aromatic carbocycles. The van der Waals surface area contributed by atoms with Crippen molar-refractivity contribution in [3.05, 3.63) is 0 Å². The van der Waals surface area contributed by atoms with Crippen LogP contribution in [0.4, 0.5) is 0 Å². The number of nitrogens with zero attached hydrogens (tertiary/aromatic N) is 3. The van der Waals surface area contributed by atoms with E-state index >= 15 is 0 Å². The molecular formula is C19H33N3O4. The Bertz CT molecular complexity index is 497. The standard InChI is InChI=1S/C19H33N3O4/c1-20(2)18(24)15-22-10-12-26-19(13-17(22)23)6-8-21(9-7-19)14-16-5-3-4-11-25-16/h16H,3-15H2,1-2H3. The van der Waals surface area contributed by atoms with Crippen molar-refractivity contribution in [3.63, 3.8) is 0 Å². The maximum absolute atomic E-state index is 12.7. The molecule has 0 aliphatic carbocycles. The molecule has 0 N–H and O–H groups in total. The molecule has 3 aliphatic rings. The minimum Gasteiger partial charge on any atom is -0.377 e. The van der Waals surface area contributed by atoms with E-state index in [4.69, 9.17) is 9.47 Å². The van der Waals surface area contributed by atoms with Gasteiger partial charge in [-0.1, -0.05) is 0 Å². The van der Waals surface area contributed by atoms with Crippen LogP contribution in [0, 0.1) is 0 Å². The van der Waals surface area contributed by atoms with Crippen molar-refractivity contribution in [3.8, 4) is 0 Å². The predicted octanol–water partition coefficient (Wildman–Crippen LogP) is 0.727. The number of rotatable bonds is 4. The van der Waals surface area contributed by atoms with Gasteiger partial charge in [0.1, 0.15) is 0 Å². The molecule has 2 amide bonds. The highest BCUT2D eigenvalue weighted by atomic mass is 16.5. The molecule has 7 nitrogen and oxygen atoms in total. The van der Waals surface area contributed by atoms with E-state index in [1.54, 1.807) is 19.0 Å². The lowest BCUT2D eigenvalue weighted by Crippen LogP contribution is -2.49. The van der Waals surface area contributed by atoms with Gasteiger partial charge in [-0.25, -0.2) is 0 Å². The largest absolute Gasteiger partial charge is 0.377 e. The smallest absolute Gasteiger partial charge is 0.241 e.